The van der Waals surface area contributed by atoms with Gasteiger partial charge in [0.25, 0.3) is 4.36 Å². The van der Waals surface area contributed by atoms with E-state index in [0.29, 0.717) is 0 Å². The monoisotopic (exact) mass is 510 g/mol. The van der Waals surface area contributed by atoms with Crippen molar-refractivity contribution in [2.45, 2.75) is 0 Å². The van der Waals surface area contributed by atoms with Crippen molar-refractivity contribution in [2.24, 2.45) is 0 Å². The first-order chi connectivity index (χ1) is 7.09. The zero-order valence-electron chi connectivity index (χ0n) is 7.98. The number of hydrogen-bond acceptors (Lipinski definition) is 0. The second-order valence-electron chi connectivity index (χ2n) is 2.77. The summed E-state index contributed by atoms with van der Waals surface area (Å²) in [6.45, 7) is 0. The molecule has 0 aromatic heterocycles. The quantitative estimate of drug-likeness (QED) is 0.379. The summed E-state index contributed by atoms with van der Waals surface area (Å²) < 4.78 is 2.56. The van der Waals surface area contributed by atoms with Crippen LogP contribution >= 0.6 is 63.4 Å². The van der Waals surface area contributed by atoms with Gasteiger partial charge in [0.15, 0.2) is 0 Å². The molecule has 0 amide bonds. The predicted molar refractivity (Wildman–Crippen MR) is 82.7 cm³/mol. The third kappa shape index (κ3) is 6.82. The second kappa shape index (κ2) is 9.18. The van der Waals surface area contributed by atoms with Gasteiger partial charge in [-0.1, -0.05) is 20.4 Å². The molecule has 0 nitrogen and oxygen atoms in total. The number of rotatable bonds is 1. The van der Waals surface area contributed by atoms with Gasteiger partial charge in [0.05, 0.1) is 0 Å². The Balaban J connectivity index is 0.000000283. The maximum Gasteiger partial charge on any atom is 2.00 e. The van der Waals surface area contributed by atoms with Crippen molar-refractivity contribution in [1.82, 2.24) is 0 Å². The molecule has 0 saturated heterocycles. The van der Waals surface area contributed by atoms with E-state index in [0.717, 1.165) is 8.95 Å². The van der Waals surface area contributed by atoms with Crippen molar-refractivity contribution in [3.63, 3.8) is 0 Å². The fourth-order valence-corrected chi connectivity index (χ4v) is 2.19. The van der Waals surface area contributed by atoms with Crippen LogP contribution in [0.15, 0.2) is 51.4 Å². The molecule has 86 valence electrons. The van der Waals surface area contributed by atoms with Crippen LogP contribution in [0, 0.1) is 0 Å². The first kappa shape index (κ1) is 17.2. The fraction of sp³-hybridized carbons (Fsp3) is 0. The van der Waals surface area contributed by atoms with Crippen LogP contribution in [0.1, 0.15) is 0 Å². The molecule has 0 heterocycles. The number of hydrogen-bond donors (Lipinski definition) is 0. The van der Waals surface area contributed by atoms with E-state index >= 15 is 0 Å². The van der Waals surface area contributed by atoms with Crippen LogP contribution in [-0.4, -0.2) is 4.36 Å². The van der Waals surface area contributed by atoms with Crippen LogP contribution in [0.25, 0.3) is 0 Å². The summed E-state index contributed by atoms with van der Waals surface area (Å²) in [7, 11) is 0. The molecule has 0 spiro atoms. The van der Waals surface area contributed by atoms with Crippen LogP contribution in [0.5, 0.6) is 0 Å². The Morgan fingerprint density at radius 2 is 1.94 bits per heavy atom. The van der Waals surface area contributed by atoms with Crippen molar-refractivity contribution in [2.75, 3.05) is 0 Å². The Bertz CT molecular complexity index is 383. The molecule has 6 heteroatoms. The standard InChI is InChI=1S/C5H3BBr3.C5H4Br.Fe/c7-5-2-1-4(3-5)6(8)9;6-5-3-1-2-4-5;/h1-3H;1-4H;/q2*-1;+2. The van der Waals surface area contributed by atoms with Gasteiger partial charge in [-0.05, 0) is 0 Å². The van der Waals surface area contributed by atoms with Gasteiger partial charge in [-0.15, -0.1) is 20.4 Å². The van der Waals surface area contributed by atoms with Crippen molar-refractivity contribution in [1.29, 1.82) is 0 Å². The van der Waals surface area contributed by atoms with Crippen LogP contribution in [0.4, 0.5) is 0 Å². The SMILES string of the molecule is BrB(Br)c1cc[c-](Br)c1.Brc1ccc[cH-]1.[Fe+2]. The predicted octanol–water partition coefficient (Wildman–Crippen LogP) is 4.82. The molecule has 0 bridgehead atoms. The molecule has 2 aromatic rings. The normalized spacial score (nSPS) is 8.75. The molecule has 0 radical (unpaired) electrons. The summed E-state index contributed by atoms with van der Waals surface area (Å²) in [4.78, 5) is 0. The minimum atomic E-state index is 0. The summed E-state index contributed by atoms with van der Waals surface area (Å²) >= 11 is 13.4. The minimum absolute atomic E-state index is 0. The average Bonchev–Trinajstić information content (AvgIpc) is 2.77. The topological polar surface area (TPSA) is 0 Å². The molecular weight excluding hydrogens is 506 g/mol. The number of halogens is 4. The van der Waals surface area contributed by atoms with E-state index in [1.54, 1.807) is 0 Å². The van der Waals surface area contributed by atoms with E-state index in [4.69, 9.17) is 0 Å². The van der Waals surface area contributed by atoms with E-state index in [2.05, 4.69) is 75.5 Å². The Morgan fingerprint density at radius 3 is 2.12 bits per heavy atom. The summed E-state index contributed by atoms with van der Waals surface area (Å²) in [6, 6.07) is 14.1. The zero-order valence-corrected chi connectivity index (χ0v) is 15.4. The van der Waals surface area contributed by atoms with Crippen molar-refractivity contribution < 1.29 is 17.1 Å². The molecule has 0 fully saturated rings. The van der Waals surface area contributed by atoms with E-state index < -0.39 is 0 Å². The Morgan fingerprint density at radius 1 is 1.25 bits per heavy atom. The van der Waals surface area contributed by atoms with Crippen LogP contribution in [-0.2, 0) is 17.1 Å². The molecule has 0 aliphatic rings. The van der Waals surface area contributed by atoms with E-state index in [1.165, 1.54) is 5.46 Å². The first-order valence-electron chi connectivity index (χ1n) is 4.17. The summed E-state index contributed by atoms with van der Waals surface area (Å²) in [5, 5.41) is 0. The molecule has 2 rings (SSSR count). The van der Waals surface area contributed by atoms with Gasteiger partial charge in [0.2, 0.25) is 0 Å². The minimum Gasteiger partial charge on any atom is -0.213 e. The third-order valence-corrected chi connectivity index (χ3v) is 3.69. The molecule has 0 saturated carbocycles. The summed E-state index contributed by atoms with van der Waals surface area (Å²) in [6.07, 6.45) is 0. The zero-order chi connectivity index (χ0) is 11.3. The van der Waals surface area contributed by atoms with Crippen LogP contribution in [0.2, 0.25) is 0 Å². The molecule has 2 aromatic carbocycles. The van der Waals surface area contributed by atoms with Gasteiger partial charge >= 0.3 is 17.1 Å². The Kier molecular flexibility index (Phi) is 9.87. The van der Waals surface area contributed by atoms with Gasteiger partial charge < -0.3 is 0 Å². The third-order valence-electron chi connectivity index (χ3n) is 1.61. The molecule has 0 atom stereocenters. The first-order valence-corrected chi connectivity index (χ1v) is 7.59. The van der Waals surface area contributed by atoms with Crippen LogP contribution < -0.4 is 5.46 Å². The summed E-state index contributed by atoms with van der Waals surface area (Å²) in [5.41, 5.74) is 1.24. The largest absolute Gasteiger partial charge is 2.00 e. The fourth-order valence-electron chi connectivity index (χ4n) is 0.918. The van der Waals surface area contributed by atoms with Crippen LogP contribution in [0.3, 0.4) is 0 Å². The van der Waals surface area contributed by atoms with Gasteiger partial charge in [0, 0.05) is 0 Å². The average molecular weight is 513 g/mol. The smallest absolute Gasteiger partial charge is 0.213 e. The molecule has 0 aliphatic heterocycles. The molecule has 0 N–H and O–H groups in total. The van der Waals surface area contributed by atoms with Gasteiger partial charge in [-0.25, -0.2) is 12.1 Å². The summed E-state index contributed by atoms with van der Waals surface area (Å²) in [5.74, 6) is 0. The van der Waals surface area contributed by atoms with Gasteiger partial charge in [-0.3, -0.25) is 0 Å². The van der Waals surface area contributed by atoms with Crippen molar-refractivity contribution >= 4 is 73.2 Å². The van der Waals surface area contributed by atoms with E-state index in [9.17, 15) is 0 Å². The molecule has 0 aliphatic carbocycles. The van der Waals surface area contributed by atoms with E-state index in [1.807, 2.05) is 30.3 Å². The maximum atomic E-state index is 3.39. The molecule has 16 heavy (non-hydrogen) atoms. The molecule has 0 unspecified atom stereocenters. The molecular formula is C10H7BBr4Fe. The van der Waals surface area contributed by atoms with E-state index in [-0.39, 0.29) is 21.4 Å². The Labute approximate surface area is 140 Å². The van der Waals surface area contributed by atoms with Gasteiger partial charge in [0.1, 0.15) is 0 Å². The van der Waals surface area contributed by atoms with Crippen molar-refractivity contribution in [3.05, 3.63) is 51.4 Å². The Hall–Kier alpha value is 1.20. The van der Waals surface area contributed by atoms with Gasteiger partial charge in [-0.2, -0.15) is 67.3 Å². The second-order valence-corrected chi connectivity index (χ2v) is 7.66. The van der Waals surface area contributed by atoms with Crippen molar-refractivity contribution in [3.8, 4) is 0 Å². The maximum absolute atomic E-state index is 3.39.